The normalized spacial score (nSPS) is 12.0. The maximum atomic E-state index is 12.1. The Bertz CT molecular complexity index is 472. The lowest BCUT2D eigenvalue weighted by atomic mass is 9.95. The fraction of sp³-hybridized carbons (Fsp3) is 0.429. The van der Waals surface area contributed by atoms with Crippen LogP contribution in [0.5, 0.6) is 0 Å². The van der Waals surface area contributed by atoms with Crippen LogP contribution in [0.25, 0.3) is 0 Å². The van der Waals surface area contributed by atoms with E-state index in [4.69, 9.17) is 27.9 Å². The number of carbonyl (C=O) groups excluding carboxylic acids is 2. The SMILES string of the molecule is CCOC(=O)C(CC)C(=O)Cc1ccc(Cl)cc1Cl. The van der Waals surface area contributed by atoms with Crippen molar-refractivity contribution < 1.29 is 14.3 Å². The van der Waals surface area contributed by atoms with Gasteiger partial charge in [0.15, 0.2) is 5.78 Å². The van der Waals surface area contributed by atoms with E-state index in [0.29, 0.717) is 22.0 Å². The number of ketones is 1. The molecule has 0 bridgehead atoms. The highest BCUT2D eigenvalue weighted by atomic mass is 35.5. The van der Waals surface area contributed by atoms with Crippen LogP contribution < -0.4 is 0 Å². The summed E-state index contributed by atoms with van der Waals surface area (Å²) >= 11 is 11.8. The average Bonchev–Trinajstić information content (AvgIpc) is 2.34. The zero-order valence-corrected chi connectivity index (χ0v) is 12.4. The van der Waals surface area contributed by atoms with E-state index in [1.54, 1.807) is 32.0 Å². The lowest BCUT2D eigenvalue weighted by Crippen LogP contribution is -2.27. The van der Waals surface area contributed by atoms with Crippen molar-refractivity contribution in [3.63, 3.8) is 0 Å². The van der Waals surface area contributed by atoms with E-state index in [0.717, 1.165) is 0 Å². The third-order valence-corrected chi connectivity index (χ3v) is 3.33. The quantitative estimate of drug-likeness (QED) is 0.594. The van der Waals surface area contributed by atoms with E-state index in [9.17, 15) is 9.59 Å². The molecule has 0 aliphatic carbocycles. The average molecular weight is 303 g/mol. The van der Waals surface area contributed by atoms with Gasteiger partial charge >= 0.3 is 5.97 Å². The first kappa shape index (κ1) is 16.0. The minimum absolute atomic E-state index is 0.104. The van der Waals surface area contributed by atoms with Gasteiger partial charge < -0.3 is 4.74 Å². The Morgan fingerprint density at radius 3 is 2.47 bits per heavy atom. The fourth-order valence-corrected chi connectivity index (χ4v) is 2.22. The number of benzene rings is 1. The first-order valence-electron chi connectivity index (χ1n) is 6.12. The van der Waals surface area contributed by atoms with Crippen LogP contribution in [-0.2, 0) is 20.7 Å². The molecule has 0 aliphatic heterocycles. The van der Waals surface area contributed by atoms with Crippen LogP contribution >= 0.6 is 23.2 Å². The van der Waals surface area contributed by atoms with Crippen molar-refractivity contribution in [2.75, 3.05) is 6.61 Å². The molecule has 5 heteroatoms. The molecule has 104 valence electrons. The summed E-state index contributed by atoms with van der Waals surface area (Å²) in [7, 11) is 0. The van der Waals surface area contributed by atoms with E-state index >= 15 is 0 Å². The highest BCUT2D eigenvalue weighted by Crippen LogP contribution is 2.23. The number of hydrogen-bond acceptors (Lipinski definition) is 3. The molecule has 3 nitrogen and oxygen atoms in total. The van der Waals surface area contributed by atoms with Crippen LogP contribution in [0.15, 0.2) is 18.2 Å². The maximum absolute atomic E-state index is 12.1. The fourth-order valence-electron chi connectivity index (χ4n) is 1.74. The molecule has 1 unspecified atom stereocenters. The van der Waals surface area contributed by atoms with Gasteiger partial charge in [0.1, 0.15) is 5.92 Å². The second kappa shape index (κ2) is 7.51. The summed E-state index contributed by atoms with van der Waals surface area (Å²) in [4.78, 5) is 23.8. The number of hydrogen-bond donors (Lipinski definition) is 0. The van der Waals surface area contributed by atoms with E-state index in [1.807, 2.05) is 0 Å². The second-order valence-corrected chi connectivity index (χ2v) is 4.94. The predicted octanol–water partition coefficient (Wildman–Crippen LogP) is 3.69. The van der Waals surface area contributed by atoms with E-state index in [2.05, 4.69) is 0 Å². The lowest BCUT2D eigenvalue weighted by molar-refractivity contribution is -0.151. The summed E-state index contributed by atoms with van der Waals surface area (Å²) in [5.41, 5.74) is 0.666. The van der Waals surface area contributed by atoms with Crippen LogP contribution in [0.4, 0.5) is 0 Å². The topological polar surface area (TPSA) is 43.4 Å². The van der Waals surface area contributed by atoms with Gasteiger partial charge in [0.2, 0.25) is 0 Å². The molecular formula is C14H16Cl2O3. The van der Waals surface area contributed by atoms with Crippen LogP contribution in [0.2, 0.25) is 10.0 Å². The molecule has 0 amide bonds. The number of esters is 1. The van der Waals surface area contributed by atoms with Gasteiger partial charge in [-0.05, 0) is 31.0 Å². The standard InChI is InChI=1S/C14H16Cl2O3/c1-3-11(14(18)19-4-2)13(17)7-9-5-6-10(15)8-12(9)16/h5-6,8,11H,3-4,7H2,1-2H3. The minimum atomic E-state index is -0.730. The molecule has 0 N–H and O–H groups in total. The number of halogens is 2. The minimum Gasteiger partial charge on any atom is -0.465 e. The van der Waals surface area contributed by atoms with Crippen molar-refractivity contribution >= 4 is 35.0 Å². The van der Waals surface area contributed by atoms with Crippen LogP contribution in [-0.4, -0.2) is 18.4 Å². The molecule has 19 heavy (non-hydrogen) atoms. The summed E-state index contributed by atoms with van der Waals surface area (Å²) < 4.78 is 4.89. The summed E-state index contributed by atoms with van der Waals surface area (Å²) in [6.07, 6.45) is 0.524. The summed E-state index contributed by atoms with van der Waals surface area (Å²) in [5, 5.41) is 0.943. The Morgan fingerprint density at radius 2 is 1.95 bits per heavy atom. The molecule has 0 saturated carbocycles. The molecular weight excluding hydrogens is 287 g/mol. The molecule has 0 radical (unpaired) electrons. The zero-order chi connectivity index (χ0) is 14.4. The van der Waals surface area contributed by atoms with Gasteiger partial charge in [-0.2, -0.15) is 0 Å². The number of Topliss-reactive ketones (excluding diaryl/α,β-unsaturated/α-hetero) is 1. The van der Waals surface area contributed by atoms with Crippen molar-refractivity contribution in [1.82, 2.24) is 0 Å². The molecule has 0 aromatic heterocycles. The molecule has 1 aromatic carbocycles. The number of rotatable bonds is 6. The maximum Gasteiger partial charge on any atom is 0.316 e. The van der Waals surface area contributed by atoms with Crippen LogP contribution in [0.1, 0.15) is 25.8 Å². The molecule has 1 rings (SSSR count). The van der Waals surface area contributed by atoms with E-state index < -0.39 is 11.9 Å². The largest absolute Gasteiger partial charge is 0.465 e. The van der Waals surface area contributed by atoms with Crippen molar-refractivity contribution in [2.24, 2.45) is 5.92 Å². The molecule has 1 aromatic rings. The van der Waals surface area contributed by atoms with Crippen molar-refractivity contribution in [3.05, 3.63) is 33.8 Å². The Morgan fingerprint density at radius 1 is 1.26 bits per heavy atom. The first-order valence-corrected chi connectivity index (χ1v) is 6.88. The molecule has 0 spiro atoms. The van der Waals surface area contributed by atoms with Crippen molar-refractivity contribution in [3.8, 4) is 0 Å². The highest BCUT2D eigenvalue weighted by molar-refractivity contribution is 6.35. The van der Waals surface area contributed by atoms with Gasteiger partial charge in [-0.15, -0.1) is 0 Å². The van der Waals surface area contributed by atoms with Crippen LogP contribution in [0, 0.1) is 5.92 Å². The Hall–Kier alpha value is -1.06. The van der Waals surface area contributed by atoms with Gasteiger partial charge in [0.05, 0.1) is 6.61 Å². The lowest BCUT2D eigenvalue weighted by Gasteiger charge is -2.13. The van der Waals surface area contributed by atoms with E-state index in [-0.39, 0.29) is 18.8 Å². The highest BCUT2D eigenvalue weighted by Gasteiger charge is 2.26. The Balaban J connectivity index is 2.79. The Labute approximate surface area is 122 Å². The van der Waals surface area contributed by atoms with Crippen molar-refractivity contribution in [1.29, 1.82) is 0 Å². The monoisotopic (exact) mass is 302 g/mol. The molecule has 1 atom stereocenters. The summed E-state index contributed by atoms with van der Waals surface area (Å²) in [5.74, 6) is -1.39. The van der Waals surface area contributed by atoms with Gasteiger partial charge in [0, 0.05) is 16.5 Å². The van der Waals surface area contributed by atoms with Gasteiger partial charge in [-0.1, -0.05) is 36.2 Å². The number of ether oxygens (including phenoxy) is 1. The molecule has 0 saturated heterocycles. The van der Waals surface area contributed by atoms with Crippen LogP contribution in [0.3, 0.4) is 0 Å². The molecule has 0 aliphatic rings. The van der Waals surface area contributed by atoms with Gasteiger partial charge in [0.25, 0.3) is 0 Å². The molecule has 0 heterocycles. The predicted molar refractivity (Wildman–Crippen MR) is 75.6 cm³/mol. The van der Waals surface area contributed by atoms with E-state index in [1.165, 1.54) is 0 Å². The zero-order valence-electron chi connectivity index (χ0n) is 10.9. The summed E-state index contributed by atoms with van der Waals surface area (Å²) in [6, 6.07) is 4.94. The smallest absolute Gasteiger partial charge is 0.316 e. The van der Waals surface area contributed by atoms with Gasteiger partial charge in [-0.3, -0.25) is 9.59 Å². The van der Waals surface area contributed by atoms with Gasteiger partial charge in [-0.25, -0.2) is 0 Å². The molecule has 0 fully saturated rings. The number of carbonyl (C=O) groups is 2. The first-order chi connectivity index (χ1) is 8.99. The third kappa shape index (κ3) is 4.51. The summed E-state index contributed by atoms with van der Waals surface area (Å²) in [6.45, 7) is 3.76. The third-order valence-electron chi connectivity index (χ3n) is 2.75. The van der Waals surface area contributed by atoms with Crippen molar-refractivity contribution in [2.45, 2.75) is 26.7 Å². The second-order valence-electron chi connectivity index (χ2n) is 4.09. The Kier molecular flexibility index (Phi) is 6.32.